The number of rotatable bonds is 20. The van der Waals surface area contributed by atoms with E-state index in [1.807, 2.05) is 0 Å². The molecule has 0 aromatic heterocycles. The third-order valence-corrected chi connectivity index (χ3v) is 5.08. The molecule has 0 aromatic rings. The second-order valence-electron chi connectivity index (χ2n) is 7.45. The van der Waals surface area contributed by atoms with Crippen LogP contribution in [-0.2, 0) is 18.6 Å². The normalized spacial score (nSPS) is 14.1. The fourth-order valence-electron chi connectivity index (χ4n) is 2.95. The summed E-state index contributed by atoms with van der Waals surface area (Å²) in [5.74, 6) is -0.424. The number of aliphatic hydroxyl groups is 1. The average Bonchev–Trinajstić information content (AvgIpc) is 2.64. The van der Waals surface area contributed by atoms with Crippen molar-refractivity contribution >= 4 is 13.8 Å². The van der Waals surface area contributed by atoms with Crippen molar-refractivity contribution in [3.05, 3.63) is 0 Å². The van der Waals surface area contributed by atoms with Gasteiger partial charge < -0.3 is 24.2 Å². The summed E-state index contributed by atoms with van der Waals surface area (Å²) in [7, 11) is -4.86. The van der Waals surface area contributed by atoms with E-state index in [4.69, 9.17) is 9.63 Å². The number of phosphoric acid groups is 1. The molecule has 0 saturated heterocycles. The van der Waals surface area contributed by atoms with E-state index in [1.54, 1.807) is 0 Å². The number of ether oxygens (including phenoxy) is 1. The Labute approximate surface area is 198 Å². The van der Waals surface area contributed by atoms with E-state index in [0.29, 0.717) is 0 Å². The van der Waals surface area contributed by atoms with Crippen LogP contribution in [0.25, 0.3) is 0 Å². The molecule has 0 saturated carbocycles. The van der Waals surface area contributed by atoms with Gasteiger partial charge in [-0.3, -0.25) is 9.36 Å². The van der Waals surface area contributed by atoms with Crippen molar-refractivity contribution in [1.29, 1.82) is 0 Å². The number of hydrogen-bond donors (Lipinski definition) is 2. The topological polar surface area (TPSA) is 116 Å². The predicted molar refractivity (Wildman–Crippen MR) is 108 cm³/mol. The Morgan fingerprint density at radius 3 is 1.69 bits per heavy atom. The minimum atomic E-state index is -4.86. The first-order valence-corrected chi connectivity index (χ1v) is 12.4. The number of esters is 1. The van der Waals surface area contributed by atoms with Gasteiger partial charge in [0.15, 0.2) is 0 Å². The molecule has 0 aromatic carbocycles. The number of aliphatic hydroxyl groups excluding tert-OH is 1. The van der Waals surface area contributed by atoms with Crippen molar-refractivity contribution in [1.82, 2.24) is 0 Å². The van der Waals surface area contributed by atoms with Gasteiger partial charge >= 0.3 is 35.5 Å². The zero-order valence-corrected chi connectivity index (χ0v) is 21.4. The number of phosphoric ester groups is 1. The molecule has 2 atom stereocenters. The van der Waals surface area contributed by atoms with Crippen LogP contribution in [0.3, 0.4) is 0 Å². The van der Waals surface area contributed by atoms with Gasteiger partial charge in [0.05, 0.1) is 6.61 Å². The zero-order valence-electron chi connectivity index (χ0n) is 18.5. The summed E-state index contributed by atoms with van der Waals surface area (Å²) in [5, 5.41) is 9.38. The molecule has 0 fully saturated rings. The Morgan fingerprint density at radius 1 is 0.862 bits per heavy atom. The monoisotopic (exact) mass is 446 g/mol. The largest absolute Gasteiger partial charge is 1.00 e. The molecule has 0 rings (SSSR count). The Hall–Kier alpha value is 0.540. The summed E-state index contributed by atoms with van der Waals surface area (Å²) in [5.41, 5.74) is 0. The van der Waals surface area contributed by atoms with Crippen LogP contribution in [0.1, 0.15) is 103 Å². The average molecular weight is 446 g/mol. The Morgan fingerprint density at radius 2 is 1.28 bits per heavy atom. The third-order valence-electron chi connectivity index (χ3n) is 4.60. The van der Waals surface area contributed by atoms with Crippen molar-refractivity contribution in [2.45, 2.75) is 109 Å². The van der Waals surface area contributed by atoms with Crippen molar-refractivity contribution in [3.63, 3.8) is 0 Å². The third kappa shape index (κ3) is 26.5. The van der Waals surface area contributed by atoms with E-state index in [1.165, 1.54) is 70.6 Å². The molecule has 0 amide bonds. The Balaban J connectivity index is 0. The number of unbranched alkanes of at least 4 members (excludes halogenated alkanes) is 13. The van der Waals surface area contributed by atoms with Crippen LogP contribution in [0.4, 0.5) is 0 Å². The molecular weight excluding hydrogens is 406 g/mol. The first-order valence-electron chi connectivity index (χ1n) is 10.9. The number of carbonyl (C=O) groups excluding carboxylic acids is 1. The van der Waals surface area contributed by atoms with Gasteiger partial charge in [0.25, 0.3) is 7.82 Å². The van der Waals surface area contributed by atoms with Crippen LogP contribution in [-0.4, -0.2) is 35.3 Å². The molecule has 0 spiro atoms. The molecule has 0 aliphatic rings. The van der Waals surface area contributed by atoms with Crippen molar-refractivity contribution in [2.24, 2.45) is 0 Å². The van der Waals surface area contributed by atoms with E-state index in [-0.39, 0.29) is 42.6 Å². The van der Waals surface area contributed by atoms with E-state index < -0.39 is 26.5 Å². The second-order valence-corrected chi connectivity index (χ2v) is 8.64. The molecule has 0 heterocycles. The van der Waals surface area contributed by atoms with E-state index >= 15 is 0 Å². The SMILES string of the molecule is CCCCCCCCCCCCCCCCC(=O)OC[C@@H](O)COP(=O)([O-])O.[Na+]. The summed E-state index contributed by atoms with van der Waals surface area (Å²) >= 11 is 0. The first-order chi connectivity index (χ1) is 13.3. The van der Waals surface area contributed by atoms with E-state index in [9.17, 15) is 19.4 Å². The van der Waals surface area contributed by atoms with Crippen molar-refractivity contribution in [3.8, 4) is 0 Å². The number of hydrogen-bond acceptors (Lipinski definition) is 6. The number of carbonyl (C=O) groups is 1. The molecule has 1 unspecified atom stereocenters. The second kappa shape index (κ2) is 21.8. The van der Waals surface area contributed by atoms with Crippen molar-refractivity contribution < 1.29 is 63.1 Å². The molecule has 0 aliphatic heterocycles. The summed E-state index contributed by atoms with van der Waals surface area (Å²) in [6, 6.07) is 0. The maximum Gasteiger partial charge on any atom is 1.00 e. The standard InChI is InChI=1S/C20H41O7P.Na/c1-2-3-4-5-6-7-8-9-10-11-12-13-14-15-16-20(22)26-17-19(21)18-27-28(23,24)25;/h19,21H,2-18H2,1H3,(H2,23,24,25);/q;+1/p-1/t19-;/m1./s1. The van der Waals surface area contributed by atoms with Gasteiger partial charge in [-0.05, 0) is 6.42 Å². The minimum absolute atomic E-state index is 0. The maximum atomic E-state index is 11.5. The smallest absolute Gasteiger partial charge is 0.756 e. The van der Waals surface area contributed by atoms with Crippen LogP contribution >= 0.6 is 7.82 Å². The van der Waals surface area contributed by atoms with Gasteiger partial charge in [0, 0.05) is 6.42 Å². The molecule has 0 radical (unpaired) electrons. The first kappa shape index (κ1) is 31.7. The van der Waals surface area contributed by atoms with E-state index in [0.717, 1.165) is 19.3 Å². The molecule has 29 heavy (non-hydrogen) atoms. The van der Waals surface area contributed by atoms with Gasteiger partial charge in [-0.1, -0.05) is 90.4 Å². The molecule has 2 N–H and O–H groups in total. The molecule has 168 valence electrons. The summed E-state index contributed by atoms with van der Waals surface area (Å²) in [4.78, 5) is 30.3. The van der Waals surface area contributed by atoms with Crippen molar-refractivity contribution in [2.75, 3.05) is 13.2 Å². The summed E-state index contributed by atoms with van der Waals surface area (Å²) in [6.07, 6.45) is 16.4. The van der Waals surface area contributed by atoms with E-state index in [2.05, 4.69) is 11.4 Å². The van der Waals surface area contributed by atoms with Gasteiger partial charge in [0.1, 0.15) is 12.7 Å². The molecule has 7 nitrogen and oxygen atoms in total. The minimum Gasteiger partial charge on any atom is -0.756 e. The van der Waals surface area contributed by atoms with Gasteiger partial charge in [-0.25, -0.2) is 0 Å². The fraction of sp³-hybridized carbons (Fsp3) is 0.950. The van der Waals surface area contributed by atoms with Crippen LogP contribution < -0.4 is 34.5 Å². The van der Waals surface area contributed by atoms with Gasteiger partial charge in [0.2, 0.25) is 0 Å². The van der Waals surface area contributed by atoms with Gasteiger partial charge in [-0.15, -0.1) is 0 Å². The molecule has 9 heteroatoms. The Kier molecular flexibility index (Phi) is 23.8. The maximum absolute atomic E-state index is 11.5. The van der Waals surface area contributed by atoms with Gasteiger partial charge in [-0.2, -0.15) is 0 Å². The van der Waals surface area contributed by atoms with Crippen LogP contribution in [0.2, 0.25) is 0 Å². The van der Waals surface area contributed by atoms with Crippen LogP contribution in [0.5, 0.6) is 0 Å². The quantitative estimate of drug-likeness (QED) is 0.125. The molecular formula is C20H40NaO7P. The Bertz CT molecular complexity index is 418. The molecule has 0 bridgehead atoms. The van der Waals surface area contributed by atoms with Crippen LogP contribution in [0, 0.1) is 0 Å². The fourth-order valence-corrected chi connectivity index (χ4v) is 3.31. The van der Waals surface area contributed by atoms with Crippen LogP contribution in [0.15, 0.2) is 0 Å². The molecule has 0 aliphatic carbocycles. The predicted octanol–water partition coefficient (Wildman–Crippen LogP) is 1.24. The summed E-state index contributed by atoms with van der Waals surface area (Å²) in [6.45, 7) is 1.26. The zero-order chi connectivity index (χ0) is 21.1. The summed E-state index contributed by atoms with van der Waals surface area (Å²) < 4.78 is 19.2.